The van der Waals surface area contributed by atoms with E-state index in [4.69, 9.17) is 0 Å². The number of hydrogen-bond acceptors (Lipinski definition) is 3. The van der Waals surface area contributed by atoms with Gasteiger partial charge in [-0.05, 0) is 18.4 Å². The second-order valence-corrected chi connectivity index (χ2v) is 3.65. The molecule has 14 heavy (non-hydrogen) atoms. The van der Waals surface area contributed by atoms with E-state index in [2.05, 4.69) is 15.5 Å². The molecule has 0 atom stereocenters. The monoisotopic (exact) mass is 207 g/mol. The molecule has 2 heterocycles. The second kappa shape index (κ2) is 3.63. The maximum absolute atomic E-state index is 11.6. The Morgan fingerprint density at radius 1 is 1.64 bits per heavy atom. The van der Waals surface area contributed by atoms with Gasteiger partial charge in [-0.15, -0.1) is 0 Å². The van der Waals surface area contributed by atoms with Crippen molar-refractivity contribution in [1.82, 2.24) is 10.2 Å². The van der Waals surface area contributed by atoms with Crippen LogP contribution in [0.25, 0.3) is 0 Å². The van der Waals surface area contributed by atoms with E-state index in [0.29, 0.717) is 5.56 Å². The summed E-state index contributed by atoms with van der Waals surface area (Å²) in [6.07, 6.45) is 1.52. The minimum Gasteiger partial charge on any atom is -0.321 e. The Balaban J connectivity index is 2.14. The molecule has 72 valence electrons. The summed E-state index contributed by atoms with van der Waals surface area (Å²) in [4.78, 5) is 11.6. The Kier molecular flexibility index (Phi) is 2.32. The van der Waals surface area contributed by atoms with Crippen LogP contribution in [0.15, 0.2) is 23.0 Å². The van der Waals surface area contributed by atoms with Gasteiger partial charge in [-0.1, -0.05) is 0 Å². The number of anilines is 1. The molecular formula is C9H9N3OS. The summed E-state index contributed by atoms with van der Waals surface area (Å²) in [5.41, 5.74) is 2.18. The number of amides is 1. The number of aryl methyl sites for hydroxylation is 1. The summed E-state index contributed by atoms with van der Waals surface area (Å²) in [5.74, 6) is -0.130. The number of carbonyl (C=O) groups is 1. The first-order valence-electron chi connectivity index (χ1n) is 4.11. The van der Waals surface area contributed by atoms with Gasteiger partial charge in [0, 0.05) is 11.1 Å². The van der Waals surface area contributed by atoms with Gasteiger partial charge in [0.2, 0.25) is 0 Å². The molecule has 0 fully saturated rings. The lowest BCUT2D eigenvalue weighted by atomic mass is 10.2. The summed E-state index contributed by atoms with van der Waals surface area (Å²) in [6.45, 7) is 1.82. The Bertz CT molecular complexity index is 433. The molecule has 2 rings (SSSR count). The third kappa shape index (κ3) is 1.67. The SMILES string of the molecule is Cc1[nH]ncc1C(=O)Nc1ccsc1. The molecule has 0 aromatic carbocycles. The van der Waals surface area contributed by atoms with Gasteiger partial charge >= 0.3 is 0 Å². The lowest BCUT2D eigenvalue weighted by molar-refractivity contribution is 0.102. The van der Waals surface area contributed by atoms with Crippen molar-refractivity contribution in [3.63, 3.8) is 0 Å². The van der Waals surface area contributed by atoms with E-state index in [0.717, 1.165) is 11.4 Å². The number of aromatic amines is 1. The molecule has 0 aliphatic heterocycles. The molecular weight excluding hydrogens is 198 g/mol. The zero-order chi connectivity index (χ0) is 9.97. The highest BCUT2D eigenvalue weighted by Crippen LogP contribution is 2.13. The summed E-state index contributed by atoms with van der Waals surface area (Å²) in [7, 11) is 0. The fraction of sp³-hybridized carbons (Fsp3) is 0.111. The van der Waals surface area contributed by atoms with Crippen LogP contribution in [0.1, 0.15) is 16.1 Å². The van der Waals surface area contributed by atoms with Crippen molar-refractivity contribution in [2.45, 2.75) is 6.92 Å². The molecule has 0 spiro atoms. The minimum atomic E-state index is -0.130. The van der Waals surface area contributed by atoms with Gasteiger partial charge < -0.3 is 5.32 Å². The van der Waals surface area contributed by atoms with Crippen LogP contribution in [-0.2, 0) is 0 Å². The Hall–Kier alpha value is -1.62. The molecule has 0 aliphatic rings. The smallest absolute Gasteiger partial charge is 0.259 e. The fourth-order valence-corrected chi connectivity index (χ4v) is 1.70. The molecule has 5 heteroatoms. The van der Waals surface area contributed by atoms with Crippen LogP contribution >= 0.6 is 11.3 Å². The summed E-state index contributed by atoms with van der Waals surface area (Å²) in [5, 5.41) is 13.1. The van der Waals surface area contributed by atoms with Gasteiger partial charge in [-0.3, -0.25) is 9.89 Å². The fourth-order valence-electron chi connectivity index (χ4n) is 1.11. The molecule has 0 unspecified atom stereocenters. The van der Waals surface area contributed by atoms with Crippen molar-refractivity contribution in [3.8, 4) is 0 Å². The molecule has 2 aromatic heterocycles. The number of rotatable bonds is 2. The maximum Gasteiger partial charge on any atom is 0.259 e. The van der Waals surface area contributed by atoms with Gasteiger partial charge in [0.05, 0.1) is 17.4 Å². The second-order valence-electron chi connectivity index (χ2n) is 2.87. The average molecular weight is 207 g/mol. The number of aromatic nitrogens is 2. The predicted molar refractivity (Wildman–Crippen MR) is 55.6 cm³/mol. The number of nitrogens with zero attached hydrogens (tertiary/aromatic N) is 1. The third-order valence-corrected chi connectivity index (χ3v) is 2.54. The van der Waals surface area contributed by atoms with Crippen molar-refractivity contribution in [3.05, 3.63) is 34.3 Å². The van der Waals surface area contributed by atoms with Crippen LogP contribution in [0.4, 0.5) is 5.69 Å². The van der Waals surface area contributed by atoms with E-state index >= 15 is 0 Å². The molecule has 0 bridgehead atoms. The van der Waals surface area contributed by atoms with E-state index in [1.807, 2.05) is 23.8 Å². The van der Waals surface area contributed by atoms with Crippen LogP contribution in [0.3, 0.4) is 0 Å². The van der Waals surface area contributed by atoms with Crippen molar-refractivity contribution in [2.24, 2.45) is 0 Å². The minimum absolute atomic E-state index is 0.130. The van der Waals surface area contributed by atoms with Gasteiger partial charge in [-0.25, -0.2) is 0 Å². The number of thiophene rings is 1. The Morgan fingerprint density at radius 2 is 2.50 bits per heavy atom. The van der Waals surface area contributed by atoms with Crippen LogP contribution in [-0.4, -0.2) is 16.1 Å². The summed E-state index contributed by atoms with van der Waals surface area (Å²) >= 11 is 1.54. The first-order chi connectivity index (χ1) is 6.77. The average Bonchev–Trinajstić information content (AvgIpc) is 2.75. The number of carbonyl (C=O) groups excluding carboxylic acids is 1. The van der Waals surface area contributed by atoms with Gasteiger partial charge in [0.15, 0.2) is 0 Å². The molecule has 4 nitrogen and oxygen atoms in total. The molecule has 2 N–H and O–H groups in total. The highest BCUT2D eigenvalue weighted by Gasteiger charge is 2.10. The van der Waals surface area contributed by atoms with Gasteiger partial charge in [-0.2, -0.15) is 16.4 Å². The van der Waals surface area contributed by atoms with Crippen molar-refractivity contribution in [2.75, 3.05) is 5.32 Å². The molecule has 2 aromatic rings. The summed E-state index contributed by atoms with van der Waals surface area (Å²) in [6, 6.07) is 1.86. The van der Waals surface area contributed by atoms with E-state index in [-0.39, 0.29) is 5.91 Å². The summed E-state index contributed by atoms with van der Waals surface area (Å²) < 4.78 is 0. The molecule has 1 amide bonds. The Morgan fingerprint density at radius 3 is 3.07 bits per heavy atom. The van der Waals surface area contributed by atoms with Gasteiger partial charge in [0.25, 0.3) is 5.91 Å². The quantitative estimate of drug-likeness (QED) is 0.791. The van der Waals surface area contributed by atoms with Crippen LogP contribution in [0, 0.1) is 6.92 Å². The van der Waals surface area contributed by atoms with Crippen molar-refractivity contribution < 1.29 is 4.79 Å². The highest BCUT2D eigenvalue weighted by molar-refractivity contribution is 7.08. The molecule has 0 radical (unpaired) electrons. The van der Waals surface area contributed by atoms with Crippen molar-refractivity contribution in [1.29, 1.82) is 0 Å². The van der Waals surface area contributed by atoms with E-state index in [1.165, 1.54) is 6.20 Å². The number of nitrogens with one attached hydrogen (secondary N) is 2. The largest absolute Gasteiger partial charge is 0.321 e. The van der Waals surface area contributed by atoms with Crippen LogP contribution < -0.4 is 5.32 Å². The standard InChI is InChI=1S/C9H9N3OS/c1-6-8(4-10-12-6)9(13)11-7-2-3-14-5-7/h2-5H,1H3,(H,10,12)(H,11,13). The maximum atomic E-state index is 11.6. The zero-order valence-electron chi connectivity index (χ0n) is 7.57. The molecule has 0 saturated heterocycles. The number of hydrogen-bond donors (Lipinski definition) is 2. The lowest BCUT2D eigenvalue weighted by Crippen LogP contribution is -2.11. The Labute approximate surface area is 85.0 Å². The van der Waals surface area contributed by atoms with E-state index in [9.17, 15) is 4.79 Å². The first kappa shape index (κ1) is 8.96. The van der Waals surface area contributed by atoms with E-state index in [1.54, 1.807) is 11.3 Å². The van der Waals surface area contributed by atoms with Crippen LogP contribution in [0.2, 0.25) is 0 Å². The number of H-pyrrole nitrogens is 1. The highest BCUT2D eigenvalue weighted by atomic mass is 32.1. The third-order valence-electron chi connectivity index (χ3n) is 1.85. The first-order valence-corrected chi connectivity index (χ1v) is 5.05. The zero-order valence-corrected chi connectivity index (χ0v) is 8.39. The predicted octanol–water partition coefficient (Wildman–Crippen LogP) is 2.03. The van der Waals surface area contributed by atoms with Gasteiger partial charge in [0.1, 0.15) is 0 Å². The van der Waals surface area contributed by atoms with E-state index < -0.39 is 0 Å². The topological polar surface area (TPSA) is 57.8 Å². The molecule has 0 aliphatic carbocycles. The van der Waals surface area contributed by atoms with Crippen LogP contribution in [0.5, 0.6) is 0 Å². The lowest BCUT2D eigenvalue weighted by Gasteiger charge is -2.00. The normalized spacial score (nSPS) is 10.1. The van der Waals surface area contributed by atoms with Crippen molar-refractivity contribution >= 4 is 22.9 Å². The molecule has 0 saturated carbocycles.